The molecular formula is C22H20F2N2O3. The van der Waals surface area contributed by atoms with Gasteiger partial charge in [-0.2, -0.15) is 0 Å². The summed E-state index contributed by atoms with van der Waals surface area (Å²) >= 11 is 0. The zero-order chi connectivity index (χ0) is 21.0. The summed E-state index contributed by atoms with van der Waals surface area (Å²) in [5, 5.41) is 12.6. The second kappa shape index (κ2) is 8.84. The van der Waals surface area contributed by atoms with Crippen molar-refractivity contribution in [1.82, 2.24) is 10.2 Å². The Morgan fingerprint density at radius 1 is 1.21 bits per heavy atom. The van der Waals surface area contributed by atoms with Crippen LogP contribution >= 0.6 is 0 Å². The van der Waals surface area contributed by atoms with E-state index in [9.17, 15) is 23.5 Å². The first-order valence-electron chi connectivity index (χ1n) is 9.12. The SMILES string of the molecule is C#CC(NC(=O)C1CC(O)CN1C(=O)Cc1ccccc1F)c1ccc(F)cc1. The number of hydrogen-bond donors (Lipinski definition) is 2. The van der Waals surface area contributed by atoms with Gasteiger partial charge in [-0.15, -0.1) is 6.42 Å². The summed E-state index contributed by atoms with van der Waals surface area (Å²) in [7, 11) is 0. The van der Waals surface area contributed by atoms with Gasteiger partial charge < -0.3 is 15.3 Å². The Kier molecular flexibility index (Phi) is 6.25. The minimum atomic E-state index is -0.930. The maximum absolute atomic E-state index is 13.9. The van der Waals surface area contributed by atoms with Crippen molar-refractivity contribution >= 4 is 11.8 Å². The Morgan fingerprint density at radius 2 is 1.90 bits per heavy atom. The standard InChI is InChI=1S/C22H20F2N2O3/c1-2-19(14-7-9-16(23)10-8-14)25-22(29)20-12-17(27)13-26(20)21(28)11-15-5-3-4-6-18(15)24/h1,3-10,17,19-20,27H,11-13H2,(H,25,29). The van der Waals surface area contributed by atoms with Crippen LogP contribution in [0.3, 0.4) is 0 Å². The Hall–Kier alpha value is -3.24. The quantitative estimate of drug-likeness (QED) is 0.757. The van der Waals surface area contributed by atoms with Crippen LogP contribution in [0.2, 0.25) is 0 Å². The number of amides is 2. The van der Waals surface area contributed by atoms with Crippen LogP contribution in [0.5, 0.6) is 0 Å². The number of likely N-dealkylation sites (tertiary alicyclic amines) is 1. The van der Waals surface area contributed by atoms with Gasteiger partial charge in [0.25, 0.3) is 0 Å². The van der Waals surface area contributed by atoms with E-state index in [1.165, 1.54) is 47.4 Å². The van der Waals surface area contributed by atoms with Crippen molar-refractivity contribution in [2.45, 2.75) is 31.0 Å². The minimum absolute atomic E-state index is 0.0252. The minimum Gasteiger partial charge on any atom is -0.391 e. The summed E-state index contributed by atoms with van der Waals surface area (Å²) in [5.41, 5.74) is 0.732. The molecule has 7 heteroatoms. The van der Waals surface area contributed by atoms with E-state index >= 15 is 0 Å². The number of β-amino-alcohol motifs (C(OH)–C–C–N with tert-alkyl or cyclic N) is 1. The molecule has 3 atom stereocenters. The van der Waals surface area contributed by atoms with Gasteiger partial charge in [0, 0.05) is 13.0 Å². The number of hydrogen-bond acceptors (Lipinski definition) is 3. The number of benzene rings is 2. The fourth-order valence-corrected chi connectivity index (χ4v) is 3.36. The van der Waals surface area contributed by atoms with Crippen molar-refractivity contribution in [3.63, 3.8) is 0 Å². The Labute approximate surface area is 167 Å². The van der Waals surface area contributed by atoms with Gasteiger partial charge in [-0.3, -0.25) is 9.59 Å². The van der Waals surface area contributed by atoms with E-state index in [2.05, 4.69) is 11.2 Å². The molecule has 2 amide bonds. The number of rotatable bonds is 5. The van der Waals surface area contributed by atoms with Crippen molar-refractivity contribution in [2.24, 2.45) is 0 Å². The molecule has 2 N–H and O–H groups in total. The van der Waals surface area contributed by atoms with Gasteiger partial charge in [-0.1, -0.05) is 36.3 Å². The zero-order valence-corrected chi connectivity index (χ0v) is 15.5. The molecule has 5 nitrogen and oxygen atoms in total. The summed E-state index contributed by atoms with van der Waals surface area (Å²) < 4.78 is 27.0. The maximum Gasteiger partial charge on any atom is 0.244 e. The van der Waals surface area contributed by atoms with Gasteiger partial charge >= 0.3 is 0 Å². The molecule has 0 spiro atoms. The average Bonchev–Trinajstić information content (AvgIpc) is 3.10. The number of halogens is 2. The maximum atomic E-state index is 13.9. The van der Waals surface area contributed by atoms with Crippen LogP contribution in [0.4, 0.5) is 8.78 Å². The smallest absolute Gasteiger partial charge is 0.244 e. The summed E-state index contributed by atoms with van der Waals surface area (Å²) in [5.74, 6) is 0.486. The number of nitrogens with zero attached hydrogens (tertiary/aromatic N) is 1. The van der Waals surface area contributed by atoms with Gasteiger partial charge in [0.15, 0.2) is 0 Å². The molecular weight excluding hydrogens is 378 g/mol. The number of nitrogens with one attached hydrogen (secondary N) is 1. The molecule has 3 unspecified atom stereocenters. The Morgan fingerprint density at radius 3 is 2.55 bits per heavy atom. The number of terminal acetylenes is 1. The van der Waals surface area contributed by atoms with Crippen LogP contribution in [-0.2, 0) is 16.0 Å². The summed E-state index contributed by atoms with van der Waals surface area (Å²) in [4.78, 5) is 26.7. The molecule has 0 aromatic heterocycles. The van der Waals surface area contributed by atoms with E-state index in [1.807, 2.05) is 0 Å². The molecule has 1 aliphatic heterocycles. The lowest BCUT2D eigenvalue weighted by Crippen LogP contribution is -2.47. The second-order valence-electron chi connectivity index (χ2n) is 6.88. The largest absolute Gasteiger partial charge is 0.391 e. The van der Waals surface area contributed by atoms with E-state index in [0.29, 0.717) is 5.56 Å². The first-order chi connectivity index (χ1) is 13.9. The molecule has 29 heavy (non-hydrogen) atoms. The summed E-state index contributed by atoms with van der Waals surface area (Å²) in [6.45, 7) is -0.0252. The third kappa shape index (κ3) is 4.79. The number of aliphatic hydroxyl groups excluding tert-OH is 1. The van der Waals surface area contributed by atoms with Gasteiger partial charge in [-0.05, 0) is 29.3 Å². The lowest BCUT2D eigenvalue weighted by molar-refractivity contribution is -0.138. The molecule has 150 valence electrons. The van der Waals surface area contributed by atoms with Crippen LogP contribution in [-0.4, -0.2) is 40.5 Å². The highest BCUT2D eigenvalue weighted by Crippen LogP contribution is 2.22. The van der Waals surface area contributed by atoms with Crippen LogP contribution in [0.15, 0.2) is 48.5 Å². The lowest BCUT2D eigenvalue weighted by Gasteiger charge is -2.25. The third-order valence-corrected chi connectivity index (χ3v) is 4.86. The lowest BCUT2D eigenvalue weighted by atomic mass is 10.1. The van der Waals surface area contributed by atoms with E-state index in [0.717, 1.165) is 0 Å². The number of carbonyl (C=O) groups is 2. The van der Waals surface area contributed by atoms with E-state index < -0.39 is 41.6 Å². The fourth-order valence-electron chi connectivity index (χ4n) is 3.36. The highest BCUT2D eigenvalue weighted by atomic mass is 19.1. The molecule has 1 saturated heterocycles. The van der Waals surface area contributed by atoms with Crippen LogP contribution < -0.4 is 5.32 Å². The molecule has 1 aliphatic rings. The first-order valence-corrected chi connectivity index (χ1v) is 9.12. The van der Waals surface area contributed by atoms with Gasteiger partial charge in [-0.25, -0.2) is 8.78 Å². The van der Waals surface area contributed by atoms with Crippen LogP contribution in [0.25, 0.3) is 0 Å². The fraction of sp³-hybridized carbons (Fsp3) is 0.273. The second-order valence-corrected chi connectivity index (χ2v) is 6.88. The van der Waals surface area contributed by atoms with Crippen molar-refractivity contribution < 1.29 is 23.5 Å². The van der Waals surface area contributed by atoms with Crippen molar-refractivity contribution in [1.29, 1.82) is 0 Å². The molecule has 1 fully saturated rings. The summed E-state index contributed by atoms with van der Waals surface area (Å²) in [6.07, 6.45) is 4.46. The first kappa shape index (κ1) is 20.5. The predicted octanol–water partition coefficient (Wildman–Crippen LogP) is 1.96. The van der Waals surface area contributed by atoms with E-state index in [4.69, 9.17) is 6.42 Å². The van der Waals surface area contributed by atoms with E-state index in [1.54, 1.807) is 6.07 Å². The van der Waals surface area contributed by atoms with Crippen LogP contribution in [0, 0.1) is 24.0 Å². The molecule has 0 bridgehead atoms. The third-order valence-electron chi connectivity index (χ3n) is 4.86. The number of aliphatic hydroxyl groups is 1. The normalized spacial score (nSPS) is 19.4. The molecule has 3 rings (SSSR count). The van der Waals surface area contributed by atoms with E-state index in [-0.39, 0.29) is 24.9 Å². The highest BCUT2D eigenvalue weighted by molar-refractivity contribution is 5.89. The zero-order valence-electron chi connectivity index (χ0n) is 15.5. The van der Waals surface area contributed by atoms with Gasteiger partial charge in [0.1, 0.15) is 23.7 Å². The van der Waals surface area contributed by atoms with Crippen molar-refractivity contribution in [2.75, 3.05) is 6.54 Å². The molecule has 0 aliphatic carbocycles. The molecule has 2 aromatic carbocycles. The Balaban J connectivity index is 1.72. The van der Waals surface area contributed by atoms with Gasteiger partial charge in [0.05, 0.1) is 12.5 Å². The molecule has 1 heterocycles. The predicted molar refractivity (Wildman–Crippen MR) is 102 cm³/mol. The topological polar surface area (TPSA) is 69.6 Å². The summed E-state index contributed by atoms with van der Waals surface area (Å²) in [6, 6.07) is 9.54. The van der Waals surface area contributed by atoms with Crippen molar-refractivity contribution in [3.05, 3.63) is 71.3 Å². The monoisotopic (exact) mass is 398 g/mol. The van der Waals surface area contributed by atoms with Crippen molar-refractivity contribution in [3.8, 4) is 12.3 Å². The Bertz CT molecular complexity index is 940. The van der Waals surface area contributed by atoms with Gasteiger partial charge in [0.2, 0.25) is 11.8 Å². The molecule has 2 aromatic rings. The van der Waals surface area contributed by atoms with Crippen LogP contribution in [0.1, 0.15) is 23.6 Å². The average molecular weight is 398 g/mol. The number of carbonyl (C=O) groups excluding carboxylic acids is 2. The molecule has 0 radical (unpaired) electrons. The molecule has 0 saturated carbocycles. The highest BCUT2D eigenvalue weighted by Gasteiger charge is 2.39.